The average Bonchev–Trinajstić information content (AvgIpc) is 2.92. The number of anilines is 1. The van der Waals surface area contributed by atoms with Crippen molar-refractivity contribution in [3.8, 4) is 0 Å². The molecule has 1 aliphatic heterocycles. The second-order valence-corrected chi connectivity index (χ2v) is 5.74. The summed E-state index contributed by atoms with van der Waals surface area (Å²) in [5.41, 5.74) is 3.17. The Morgan fingerprint density at radius 2 is 1.95 bits per heavy atom. The Morgan fingerprint density at radius 1 is 1.24 bits per heavy atom. The van der Waals surface area contributed by atoms with Crippen LogP contribution in [0.1, 0.15) is 30.0 Å². The third kappa shape index (κ3) is 2.88. The topological polar surface area (TPSA) is 41.1 Å². The van der Waals surface area contributed by atoms with Gasteiger partial charge in [0.15, 0.2) is 0 Å². The molecule has 0 aromatic heterocycles. The van der Waals surface area contributed by atoms with E-state index in [1.807, 2.05) is 55.5 Å². The maximum Gasteiger partial charge on any atom is 0.229 e. The quantitative estimate of drug-likeness (QED) is 0.907. The highest BCUT2D eigenvalue weighted by atomic mass is 35.5. The Labute approximate surface area is 129 Å². The largest absolute Gasteiger partial charge is 0.384 e. The van der Waals surface area contributed by atoms with E-state index in [9.17, 15) is 4.79 Å². The molecular formula is C17H17ClN2O. The zero-order valence-corrected chi connectivity index (χ0v) is 12.5. The second kappa shape index (κ2) is 5.78. The van der Waals surface area contributed by atoms with Crippen molar-refractivity contribution >= 4 is 23.2 Å². The van der Waals surface area contributed by atoms with Crippen LogP contribution < -0.4 is 10.6 Å². The summed E-state index contributed by atoms with van der Waals surface area (Å²) in [6, 6.07) is 15.5. The molecule has 2 unspecified atom stereocenters. The van der Waals surface area contributed by atoms with Gasteiger partial charge in [-0.3, -0.25) is 4.79 Å². The minimum absolute atomic E-state index is 0.0393. The van der Waals surface area contributed by atoms with Crippen molar-refractivity contribution in [3.63, 3.8) is 0 Å². The Morgan fingerprint density at radius 3 is 2.71 bits per heavy atom. The van der Waals surface area contributed by atoms with E-state index in [4.69, 9.17) is 11.6 Å². The van der Waals surface area contributed by atoms with Crippen LogP contribution in [0.15, 0.2) is 48.5 Å². The molecule has 0 saturated heterocycles. The van der Waals surface area contributed by atoms with Gasteiger partial charge in [0.05, 0.1) is 12.0 Å². The van der Waals surface area contributed by atoms with Crippen LogP contribution in [0.2, 0.25) is 5.02 Å². The number of fused-ring (bicyclic) bond motifs is 1. The molecule has 2 aromatic rings. The van der Waals surface area contributed by atoms with E-state index in [0.29, 0.717) is 11.6 Å². The molecule has 0 radical (unpaired) electrons. The molecule has 108 valence electrons. The molecule has 2 atom stereocenters. The molecule has 0 spiro atoms. The van der Waals surface area contributed by atoms with Gasteiger partial charge in [-0.1, -0.05) is 41.9 Å². The van der Waals surface area contributed by atoms with Crippen molar-refractivity contribution in [3.05, 3.63) is 64.7 Å². The highest BCUT2D eigenvalue weighted by Crippen LogP contribution is 2.31. The summed E-state index contributed by atoms with van der Waals surface area (Å²) < 4.78 is 0. The van der Waals surface area contributed by atoms with Crippen molar-refractivity contribution in [2.24, 2.45) is 0 Å². The summed E-state index contributed by atoms with van der Waals surface area (Å²) in [7, 11) is 0. The van der Waals surface area contributed by atoms with Crippen LogP contribution in [-0.2, 0) is 4.79 Å². The lowest BCUT2D eigenvalue weighted by Gasteiger charge is -2.17. The van der Waals surface area contributed by atoms with Crippen LogP contribution >= 0.6 is 11.6 Å². The highest BCUT2D eigenvalue weighted by Gasteiger charge is 2.28. The van der Waals surface area contributed by atoms with Gasteiger partial charge in [-0.15, -0.1) is 0 Å². The molecule has 0 fully saturated rings. The molecular weight excluding hydrogens is 284 g/mol. The summed E-state index contributed by atoms with van der Waals surface area (Å²) >= 11 is 5.89. The van der Waals surface area contributed by atoms with Crippen molar-refractivity contribution in [1.82, 2.24) is 5.32 Å². The number of hydrogen-bond donors (Lipinski definition) is 2. The van der Waals surface area contributed by atoms with Crippen LogP contribution in [0.5, 0.6) is 0 Å². The summed E-state index contributed by atoms with van der Waals surface area (Å²) in [6.07, 6.45) is 0. The van der Waals surface area contributed by atoms with Gasteiger partial charge in [0.2, 0.25) is 5.91 Å². The standard InChI is InChI=1S/C17H17ClN2O/c1-11(12-6-8-13(18)9-7-12)20-17(21)15-10-19-16-5-3-2-4-14(15)16/h2-9,11,15,19H,10H2,1H3,(H,20,21). The first-order valence-electron chi connectivity index (χ1n) is 7.04. The molecule has 0 saturated carbocycles. The van der Waals surface area contributed by atoms with Crippen LogP contribution in [0.4, 0.5) is 5.69 Å². The Bertz CT molecular complexity index is 654. The molecule has 1 amide bonds. The van der Waals surface area contributed by atoms with Gasteiger partial charge in [-0.05, 0) is 36.2 Å². The zero-order chi connectivity index (χ0) is 14.8. The fraction of sp³-hybridized carbons (Fsp3) is 0.235. The summed E-state index contributed by atoms with van der Waals surface area (Å²) in [5.74, 6) is -0.0779. The molecule has 2 N–H and O–H groups in total. The van der Waals surface area contributed by atoms with Crippen LogP contribution in [0.3, 0.4) is 0 Å². The number of carbonyl (C=O) groups excluding carboxylic acids is 1. The fourth-order valence-electron chi connectivity index (χ4n) is 2.67. The summed E-state index contributed by atoms with van der Waals surface area (Å²) in [4.78, 5) is 12.5. The van der Waals surface area contributed by atoms with Gasteiger partial charge in [-0.25, -0.2) is 0 Å². The van der Waals surface area contributed by atoms with Gasteiger partial charge < -0.3 is 10.6 Å². The lowest BCUT2D eigenvalue weighted by atomic mass is 9.99. The van der Waals surface area contributed by atoms with E-state index in [1.165, 1.54) is 0 Å². The first-order chi connectivity index (χ1) is 10.1. The first kappa shape index (κ1) is 14.0. The molecule has 4 heteroatoms. The minimum Gasteiger partial charge on any atom is -0.384 e. The molecule has 3 rings (SSSR count). The van der Waals surface area contributed by atoms with Crippen molar-refractivity contribution in [1.29, 1.82) is 0 Å². The predicted octanol–water partition coefficient (Wildman–Crippen LogP) is 3.73. The summed E-state index contributed by atoms with van der Waals surface area (Å²) in [6.45, 7) is 2.63. The molecule has 1 heterocycles. The minimum atomic E-state index is -0.129. The molecule has 2 aromatic carbocycles. The van der Waals surface area contributed by atoms with Crippen molar-refractivity contribution in [2.45, 2.75) is 18.9 Å². The average molecular weight is 301 g/mol. The second-order valence-electron chi connectivity index (χ2n) is 5.30. The third-order valence-corrected chi connectivity index (χ3v) is 4.13. The third-order valence-electron chi connectivity index (χ3n) is 3.88. The van der Waals surface area contributed by atoms with Gasteiger partial charge in [-0.2, -0.15) is 0 Å². The zero-order valence-electron chi connectivity index (χ0n) is 11.8. The van der Waals surface area contributed by atoms with E-state index in [1.54, 1.807) is 0 Å². The maximum atomic E-state index is 12.5. The van der Waals surface area contributed by atoms with Gasteiger partial charge in [0, 0.05) is 17.3 Å². The van der Waals surface area contributed by atoms with Gasteiger partial charge >= 0.3 is 0 Å². The number of nitrogens with one attached hydrogen (secondary N) is 2. The fourth-order valence-corrected chi connectivity index (χ4v) is 2.79. The number of hydrogen-bond acceptors (Lipinski definition) is 2. The molecule has 3 nitrogen and oxygen atoms in total. The van der Waals surface area contributed by atoms with Crippen LogP contribution in [0.25, 0.3) is 0 Å². The number of carbonyl (C=O) groups is 1. The van der Waals surface area contributed by atoms with Crippen LogP contribution in [0, 0.1) is 0 Å². The Hall–Kier alpha value is -2.00. The van der Waals surface area contributed by atoms with Gasteiger partial charge in [0.1, 0.15) is 0 Å². The van der Waals surface area contributed by atoms with E-state index >= 15 is 0 Å². The lowest BCUT2D eigenvalue weighted by molar-refractivity contribution is -0.122. The highest BCUT2D eigenvalue weighted by molar-refractivity contribution is 6.30. The number of halogens is 1. The number of benzene rings is 2. The monoisotopic (exact) mass is 300 g/mol. The first-order valence-corrected chi connectivity index (χ1v) is 7.41. The Balaban J connectivity index is 1.71. The maximum absolute atomic E-state index is 12.5. The number of para-hydroxylation sites is 1. The van der Waals surface area contributed by atoms with Crippen molar-refractivity contribution in [2.75, 3.05) is 11.9 Å². The van der Waals surface area contributed by atoms with E-state index in [-0.39, 0.29) is 17.9 Å². The Kier molecular flexibility index (Phi) is 3.84. The molecule has 1 aliphatic rings. The van der Waals surface area contributed by atoms with E-state index in [2.05, 4.69) is 10.6 Å². The molecule has 21 heavy (non-hydrogen) atoms. The van der Waals surface area contributed by atoms with E-state index < -0.39 is 0 Å². The number of rotatable bonds is 3. The smallest absolute Gasteiger partial charge is 0.229 e. The summed E-state index contributed by atoms with van der Waals surface area (Å²) in [5, 5.41) is 7.05. The number of amides is 1. The SMILES string of the molecule is CC(NC(=O)C1CNc2ccccc21)c1ccc(Cl)cc1. The lowest BCUT2D eigenvalue weighted by Crippen LogP contribution is -2.32. The molecule has 0 aliphatic carbocycles. The van der Waals surface area contributed by atoms with Crippen LogP contribution in [-0.4, -0.2) is 12.5 Å². The van der Waals surface area contributed by atoms with Gasteiger partial charge in [0.25, 0.3) is 0 Å². The predicted molar refractivity (Wildman–Crippen MR) is 85.7 cm³/mol. The normalized spacial score (nSPS) is 17.7. The van der Waals surface area contributed by atoms with E-state index in [0.717, 1.165) is 16.8 Å². The van der Waals surface area contributed by atoms with Crippen molar-refractivity contribution < 1.29 is 4.79 Å². The molecule has 0 bridgehead atoms.